The van der Waals surface area contributed by atoms with Crippen LogP contribution in [-0.2, 0) is 32.6 Å². The van der Waals surface area contributed by atoms with Crippen molar-refractivity contribution in [3.63, 3.8) is 0 Å². The molecule has 0 aliphatic carbocycles. The summed E-state index contributed by atoms with van der Waals surface area (Å²) < 4.78 is 40.4. The summed E-state index contributed by atoms with van der Waals surface area (Å²) in [6, 6.07) is 30.3. The highest BCUT2D eigenvalue weighted by Gasteiger charge is 2.35. The highest BCUT2D eigenvalue weighted by molar-refractivity contribution is 7.92. The van der Waals surface area contributed by atoms with Crippen LogP contribution in [0, 0.1) is 0 Å². The number of sulfonamides is 1. The second kappa shape index (κ2) is 15.9. The van der Waals surface area contributed by atoms with E-state index in [1.165, 1.54) is 31.3 Å². The molecule has 0 radical (unpaired) electrons. The van der Waals surface area contributed by atoms with Crippen LogP contribution in [0.15, 0.2) is 114 Å². The van der Waals surface area contributed by atoms with Crippen molar-refractivity contribution in [2.75, 3.05) is 25.1 Å². The standard InChI is InChI=1S/C36H41N3O6S/c1-5-27(2)37-36(41)33(24-28-14-8-6-9-15-28)38(25-29-16-10-7-11-17-29)35(40)26-39(32-18-12-13-19-34(32)45-4)46(42,43)31-22-20-30(44-3)21-23-31/h6-23,27,33H,5,24-26H2,1-4H3,(H,37,41)/t27-,33-/m1/s1. The third-order valence-corrected chi connectivity index (χ3v) is 9.52. The van der Waals surface area contributed by atoms with Crippen LogP contribution in [0.25, 0.3) is 0 Å². The molecule has 2 atom stereocenters. The molecule has 0 spiro atoms. The third-order valence-electron chi connectivity index (χ3n) is 7.75. The lowest BCUT2D eigenvalue weighted by Gasteiger charge is -2.34. The van der Waals surface area contributed by atoms with Crippen molar-refractivity contribution in [1.82, 2.24) is 10.2 Å². The Balaban J connectivity index is 1.82. The minimum absolute atomic E-state index is 0.0306. The van der Waals surface area contributed by atoms with Crippen LogP contribution in [0.4, 0.5) is 5.69 Å². The number of para-hydroxylation sites is 2. The molecule has 4 aromatic carbocycles. The molecule has 0 bridgehead atoms. The minimum Gasteiger partial charge on any atom is -0.497 e. The molecule has 46 heavy (non-hydrogen) atoms. The van der Waals surface area contributed by atoms with Gasteiger partial charge in [0.2, 0.25) is 11.8 Å². The Morgan fingerprint density at radius 3 is 1.96 bits per heavy atom. The molecule has 1 N–H and O–H groups in total. The Kier molecular flexibility index (Phi) is 11.8. The number of amides is 2. The van der Waals surface area contributed by atoms with Gasteiger partial charge >= 0.3 is 0 Å². The Hall–Kier alpha value is -4.83. The number of hydrogen-bond acceptors (Lipinski definition) is 6. The van der Waals surface area contributed by atoms with Gasteiger partial charge in [-0.05, 0) is 60.9 Å². The molecular weight excluding hydrogens is 602 g/mol. The molecule has 0 aliphatic heterocycles. The molecule has 2 amide bonds. The highest BCUT2D eigenvalue weighted by Crippen LogP contribution is 2.33. The van der Waals surface area contributed by atoms with Gasteiger partial charge in [0, 0.05) is 19.0 Å². The summed E-state index contributed by atoms with van der Waals surface area (Å²) in [7, 11) is -1.36. The van der Waals surface area contributed by atoms with Crippen molar-refractivity contribution in [1.29, 1.82) is 0 Å². The lowest BCUT2D eigenvalue weighted by Crippen LogP contribution is -2.54. The Morgan fingerprint density at radius 2 is 1.37 bits per heavy atom. The van der Waals surface area contributed by atoms with Crippen LogP contribution in [0.5, 0.6) is 11.5 Å². The smallest absolute Gasteiger partial charge is 0.264 e. The molecule has 4 aromatic rings. The summed E-state index contributed by atoms with van der Waals surface area (Å²) in [4.78, 5) is 29.9. The first-order valence-electron chi connectivity index (χ1n) is 15.1. The Labute approximate surface area is 271 Å². The van der Waals surface area contributed by atoms with E-state index >= 15 is 0 Å². The molecule has 0 aromatic heterocycles. The number of carbonyl (C=O) groups is 2. The number of rotatable bonds is 15. The van der Waals surface area contributed by atoms with E-state index in [-0.39, 0.29) is 41.2 Å². The first kappa shape index (κ1) is 34.1. The first-order chi connectivity index (χ1) is 22.2. The van der Waals surface area contributed by atoms with Crippen molar-refractivity contribution < 1.29 is 27.5 Å². The first-order valence-corrected chi connectivity index (χ1v) is 16.6. The summed E-state index contributed by atoms with van der Waals surface area (Å²) >= 11 is 0. The zero-order chi connectivity index (χ0) is 33.1. The fraction of sp³-hybridized carbons (Fsp3) is 0.278. The SMILES string of the molecule is CC[C@@H](C)NC(=O)[C@@H](Cc1ccccc1)N(Cc1ccccc1)C(=O)CN(c1ccccc1OC)S(=O)(=O)c1ccc(OC)cc1. The topological polar surface area (TPSA) is 105 Å². The van der Waals surface area contributed by atoms with Gasteiger partial charge in [-0.2, -0.15) is 0 Å². The number of methoxy groups -OCH3 is 2. The fourth-order valence-corrected chi connectivity index (χ4v) is 6.42. The second-order valence-corrected chi connectivity index (χ2v) is 12.8. The fourth-order valence-electron chi connectivity index (χ4n) is 5.00. The average Bonchev–Trinajstić information content (AvgIpc) is 3.09. The zero-order valence-electron chi connectivity index (χ0n) is 26.6. The summed E-state index contributed by atoms with van der Waals surface area (Å²) in [5, 5.41) is 3.04. The predicted molar refractivity (Wildman–Crippen MR) is 179 cm³/mol. The molecule has 242 valence electrons. The number of carbonyl (C=O) groups excluding carboxylic acids is 2. The van der Waals surface area contributed by atoms with E-state index < -0.39 is 28.5 Å². The lowest BCUT2D eigenvalue weighted by molar-refractivity contribution is -0.140. The molecule has 0 saturated heterocycles. The Morgan fingerprint density at radius 1 is 0.783 bits per heavy atom. The van der Waals surface area contributed by atoms with E-state index in [4.69, 9.17) is 9.47 Å². The normalized spacial score (nSPS) is 12.4. The van der Waals surface area contributed by atoms with Gasteiger partial charge in [0.1, 0.15) is 24.1 Å². The number of benzene rings is 4. The van der Waals surface area contributed by atoms with Crippen LogP contribution in [0.3, 0.4) is 0 Å². The summed E-state index contributed by atoms with van der Waals surface area (Å²) in [5.74, 6) is -0.0993. The monoisotopic (exact) mass is 643 g/mol. The summed E-state index contributed by atoms with van der Waals surface area (Å²) in [5.41, 5.74) is 1.86. The maximum atomic E-state index is 14.6. The summed E-state index contributed by atoms with van der Waals surface area (Å²) in [6.45, 7) is 3.39. The van der Waals surface area contributed by atoms with E-state index in [0.717, 1.165) is 15.4 Å². The van der Waals surface area contributed by atoms with Gasteiger partial charge in [0.25, 0.3) is 10.0 Å². The van der Waals surface area contributed by atoms with Crippen LogP contribution >= 0.6 is 0 Å². The molecule has 4 rings (SSSR count). The molecule has 0 unspecified atom stereocenters. The molecule has 0 fully saturated rings. The van der Waals surface area contributed by atoms with Crippen molar-refractivity contribution >= 4 is 27.5 Å². The number of nitrogens with zero attached hydrogens (tertiary/aromatic N) is 2. The van der Waals surface area contributed by atoms with Crippen LogP contribution in [0.1, 0.15) is 31.4 Å². The van der Waals surface area contributed by atoms with Gasteiger partial charge in [-0.1, -0.05) is 79.7 Å². The number of nitrogens with one attached hydrogen (secondary N) is 1. The summed E-state index contributed by atoms with van der Waals surface area (Å²) in [6.07, 6.45) is 0.944. The molecule has 10 heteroatoms. The minimum atomic E-state index is -4.29. The highest BCUT2D eigenvalue weighted by atomic mass is 32.2. The number of hydrogen-bond donors (Lipinski definition) is 1. The molecular formula is C36H41N3O6S. The van der Waals surface area contributed by atoms with Gasteiger partial charge in [0.05, 0.1) is 24.8 Å². The lowest BCUT2D eigenvalue weighted by atomic mass is 10.0. The van der Waals surface area contributed by atoms with Gasteiger partial charge in [-0.15, -0.1) is 0 Å². The van der Waals surface area contributed by atoms with Gasteiger partial charge < -0.3 is 19.7 Å². The van der Waals surface area contributed by atoms with Crippen molar-refractivity contribution in [2.24, 2.45) is 0 Å². The van der Waals surface area contributed by atoms with E-state index in [1.807, 2.05) is 74.5 Å². The van der Waals surface area contributed by atoms with E-state index in [0.29, 0.717) is 12.2 Å². The van der Waals surface area contributed by atoms with Gasteiger partial charge in [-0.3, -0.25) is 13.9 Å². The number of ether oxygens (including phenoxy) is 2. The van der Waals surface area contributed by atoms with Crippen LogP contribution in [-0.4, -0.2) is 58.0 Å². The largest absolute Gasteiger partial charge is 0.497 e. The second-order valence-electron chi connectivity index (χ2n) is 10.9. The van der Waals surface area contributed by atoms with E-state index in [1.54, 1.807) is 36.4 Å². The van der Waals surface area contributed by atoms with Gasteiger partial charge in [-0.25, -0.2) is 8.42 Å². The Bertz CT molecular complexity index is 1680. The quantitative estimate of drug-likeness (QED) is 0.185. The molecule has 0 heterocycles. The van der Waals surface area contributed by atoms with Gasteiger partial charge in [0.15, 0.2) is 0 Å². The predicted octanol–water partition coefficient (Wildman–Crippen LogP) is 5.45. The van der Waals surface area contributed by atoms with Crippen molar-refractivity contribution in [3.05, 3.63) is 120 Å². The average molecular weight is 644 g/mol. The maximum absolute atomic E-state index is 14.6. The van der Waals surface area contributed by atoms with Crippen molar-refractivity contribution in [2.45, 2.75) is 50.2 Å². The molecule has 0 aliphatic rings. The zero-order valence-corrected chi connectivity index (χ0v) is 27.4. The maximum Gasteiger partial charge on any atom is 0.264 e. The van der Waals surface area contributed by atoms with Crippen LogP contribution < -0.4 is 19.1 Å². The van der Waals surface area contributed by atoms with E-state index in [9.17, 15) is 18.0 Å². The molecule has 9 nitrogen and oxygen atoms in total. The third kappa shape index (κ3) is 8.45. The van der Waals surface area contributed by atoms with E-state index in [2.05, 4.69) is 5.32 Å². The van der Waals surface area contributed by atoms with Crippen molar-refractivity contribution in [3.8, 4) is 11.5 Å². The van der Waals surface area contributed by atoms with Crippen LogP contribution in [0.2, 0.25) is 0 Å². The molecule has 0 saturated carbocycles. The number of anilines is 1.